The fraction of sp³-hybridized carbons (Fsp3) is 0.500. The Hall–Kier alpha value is -1.14. The molecule has 0 saturated carbocycles. The number of carbonyl (C=O) groups is 1. The SMILES string of the molecule is CCOC(=O)c1cccnc1S(=O)(=O)C(C)CCCl. The van der Waals surface area contributed by atoms with Crippen molar-refractivity contribution in [3.8, 4) is 0 Å². The molecule has 0 spiro atoms. The van der Waals surface area contributed by atoms with Gasteiger partial charge in [-0.2, -0.15) is 0 Å². The number of rotatable bonds is 6. The summed E-state index contributed by atoms with van der Waals surface area (Å²) in [6.07, 6.45) is 1.63. The maximum atomic E-state index is 12.3. The van der Waals surface area contributed by atoms with E-state index in [-0.39, 0.29) is 23.1 Å². The number of sulfone groups is 1. The van der Waals surface area contributed by atoms with Gasteiger partial charge in [-0.05, 0) is 32.4 Å². The van der Waals surface area contributed by atoms with E-state index in [0.717, 1.165) is 0 Å². The minimum Gasteiger partial charge on any atom is -0.462 e. The molecule has 0 aliphatic rings. The lowest BCUT2D eigenvalue weighted by atomic mass is 10.3. The molecule has 0 radical (unpaired) electrons. The number of aromatic nitrogens is 1. The summed E-state index contributed by atoms with van der Waals surface area (Å²) in [5.74, 6) is -0.464. The van der Waals surface area contributed by atoms with Gasteiger partial charge >= 0.3 is 5.97 Å². The number of halogens is 1. The summed E-state index contributed by atoms with van der Waals surface area (Å²) >= 11 is 5.57. The van der Waals surface area contributed by atoms with E-state index < -0.39 is 21.1 Å². The van der Waals surface area contributed by atoms with Gasteiger partial charge in [0.1, 0.15) is 0 Å². The van der Waals surface area contributed by atoms with E-state index in [2.05, 4.69) is 4.98 Å². The average Bonchev–Trinajstić information content (AvgIpc) is 2.39. The first-order valence-electron chi connectivity index (χ1n) is 5.87. The summed E-state index contributed by atoms with van der Waals surface area (Å²) in [5.41, 5.74) is -0.0363. The van der Waals surface area contributed by atoms with Crippen LogP contribution in [0.3, 0.4) is 0 Å². The number of esters is 1. The third-order valence-electron chi connectivity index (χ3n) is 2.58. The molecular formula is C12H16ClNO4S. The Balaban J connectivity index is 3.24. The highest BCUT2D eigenvalue weighted by Crippen LogP contribution is 2.21. The summed E-state index contributed by atoms with van der Waals surface area (Å²) in [5, 5.41) is -0.945. The van der Waals surface area contributed by atoms with Crippen LogP contribution in [0.4, 0.5) is 0 Å². The quantitative estimate of drug-likeness (QED) is 0.594. The molecule has 0 N–H and O–H groups in total. The van der Waals surface area contributed by atoms with E-state index in [9.17, 15) is 13.2 Å². The Labute approximate surface area is 117 Å². The molecule has 1 aromatic heterocycles. The monoisotopic (exact) mass is 305 g/mol. The van der Waals surface area contributed by atoms with Crippen LogP contribution < -0.4 is 0 Å². The average molecular weight is 306 g/mol. The van der Waals surface area contributed by atoms with Gasteiger partial charge in [-0.15, -0.1) is 11.6 Å². The Kier molecular flexibility index (Phi) is 5.75. The molecule has 1 heterocycles. The molecule has 1 aromatic rings. The summed E-state index contributed by atoms with van der Waals surface area (Å²) < 4.78 is 29.5. The molecule has 19 heavy (non-hydrogen) atoms. The maximum Gasteiger partial charge on any atom is 0.341 e. The molecule has 0 aliphatic heterocycles. The Morgan fingerprint density at radius 1 is 1.53 bits per heavy atom. The normalized spacial score (nSPS) is 13.0. The van der Waals surface area contributed by atoms with Crippen molar-refractivity contribution in [2.45, 2.75) is 30.5 Å². The molecular weight excluding hydrogens is 290 g/mol. The van der Waals surface area contributed by atoms with Crippen LogP contribution in [-0.4, -0.2) is 37.1 Å². The number of nitrogens with zero attached hydrogens (tertiary/aromatic N) is 1. The van der Waals surface area contributed by atoms with Gasteiger partial charge in [-0.3, -0.25) is 0 Å². The number of hydrogen-bond acceptors (Lipinski definition) is 5. The van der Waals surface area contributed by atoms with Crippen LogP contribution in [-0.2, 0) is 14.6 Å². The lowest BCUT2D eigenvalue weighted by Gasteiger charge is -2.13. The molecule has 5 nitrogen and oxygen atoms in total. The first-order chi connectivity index (χ1) is 8.95. The van der Waals surface area contributed by atoms with Gasteiger partial charge in [-0.25, -0.2) is 18.2 Å². The van der Waals surface area contributed by atoms with Crippen molar-refractivity contribution in [2.24, 2.45) is 0 Å². The highest BCUT2D eigenvalue weighted by atomic mass is 35.5. The molecule has 1 atom stereocenters. The topological polar surface area (TPSA) is 73.3 Å². The van der Waals surface area contributed by atoms with Crippen LogP contribution in [0.5, 0.6) is 0 Å². The van der Waals surface area contributed by atoms with Crippen molar-refractivity contribution < 1.29 is 17.9 Å². The van der Waals surface area contributed by atoms with Gasteiger partial charge in [-0.1, -0.05) is 0 Å². The predicted octanol–water partition coefficient (Wildman–Crippen LogP) is 2.05. The zero-order valence-corrected chi connectivity index (χ0v) is 12.4. The Bertz CT molecular complexity index is 544. The number of carbonyl (C=O) groups excluding carboxylic acids is 1. The lowest BCUT2D eigenvalue weighted by molar-refractivity contribution is 0.0521. The fourth-order valence-electron chi connectivity index (χ4n) is 1.48. The van der Waals surface area contributed by atoms with E-state index in [1.807, 2.05) is 0 Å². The molecule has 106 valence electrons. The van der Waals surface area contributed by atoms with Gasteiger partial charge in [0.2, 0.25) is 0 Å². The van der Waals surface area contributed by atoms with Crippen LogP contribution in [0.15, 0.2) is 23.4 Å². The van der Waals surface area contributed by atoms with Gasteiger partial charge in [0.15, 0.2) is 14.9 Å². The maximum absolute atomic E-state index is 12.3. The smallest absolute Gasteiger partial charge is 0.341 e. The second-order valence-corrected chi connectivity index (χ2v) is 6.57. The molecule has 0 aromatic carbocycles. The van der Waals surface area contributed by atoms with Crippen LogP contribution >= 0.6 is 11.6 Å². The van der Waals surface area contributed by atoms with E-state index in [1.165, 1.54) is 18.3 Å². The lowest BCUT2D eigenvalue weighted by Crippen LogP contribution is -2.23. The summed E-state index contributed by atoms with van der Waals surface area (Å²) in [7, 11) is -3.69. The molecule has 0 aliphatic carbocycles. The van der Waals surface area contributed by atoms with Gasteiger partial charge < -0.3 is 4.74 Å². The Morgan fingerprint density at radius 2 is 2.21 bits per heavy atom. The molecule has 0 bridgehead atoms. The van der Waals surface area contributed by atoms with Crippen LogP contribution in [0.2, 0.25) is 0 Å². The van der Waals surface area contributed by atoms with E-state index >= 15 is 0 Å². The molecule has 1 unspecified atom stereocenters. The summed E-state index contributed by atoms with van der Waals surface area (Å²) in [6.45, 7) is 3.37. The molecule has 7 heteroatoms. The van der Waals surface area contributed by atoms with Crippen molar-refractivity contribution in [1.82, 2.24) is 4.98 Å². The van der Waals surface area contributed by atoms with Crippen LogP contribution in [0.1, 0.15) is 30.6 Å². The van der Waals surface area contributed by atoms with Gasteiger partial charge in [0.05, 0.1) is 17.4 Å². The third kappa shape index (κ3) is 3.67. The highest BCUT2D eigenvalue weighted by Gasteiger charge is 2.29. The minimum absolute atomic E-state index is 0.0363. The summed E-state index contributed by atoms with van der Waals surface area (Å²) in [6, 6.07) is 2.89. The largest absolute Gasteiger partial charge is 0.462 e. The van der Waals surface area contributed by atoms with E-state index in [4.69, 9.17) is 16.3 Å². The van der Waals surface area contributed by atoms with E-state index in [1.54, 1.807) is 13.8 Å². The van der Waals surface area contributed by atoms with Gasteiger partial charge in [0, 0.05) is 12.1 Å². The van der Waals surface area contributed by atoms with Crippen LogP contribution in [0.25, 0.3) is 0 Å². The number of alkyl halides is 1. The highest BCUT2D eigenvalue weighted by molar-refractivity contribution is 7.92. The zero-order chi connectivity index (χ0) is 14.5. The van der Waals surface area contributed by atoms with Crippen molar-refractivity contribution in [3.63, 3.8) is 0 Å². The van der Waals surface area contributed by atoms with E-state index in [0.29, 0.717) is 6.42 Å². The number of ether oxygens (including phenoxy) is 1. The molecule has 0 saturated heterocycles. The molecule has 0 fully saturated rings. The summed E-state index contributed by atoms with van der Waals surface area (Å²) in [4.78, 5) is 15.6. The zero-order valence-electron chi connectivity index (χ0n) is 10.8. The number of hydrogen-bond donors (Lipinski definition) is 0. The van der Waals surface area contributed by atoms with Crippen LogP contribution in [0, 0.1) is 0 Å². The Morgan fingerprint density at radius 3 is 2.79 bits per heavy atom. The third-order valence-corrected chi connectivity index (χ3v) is 4.96. The second-order valence-electron chi connectivity index (χ2n) is 3.91. The first kappa shape index (κ1) is 15.9. The predicted molar refractivity (Wildman–Crippen MR) is 72.2 cm³/mol. The van der Waals surface area contributed by atoms with Crippen molar-refractivity contribution in [2.75, 3.05) is 12.5 Å². The number of pyridine rings is 1. The first-order valence-corrected chi connectivity index (χ1v) is 7.95. The van der Waals surface area contributed by atoms with Gasteiger partial charge in [0.25, 0.3) is 0 Å². The van der Waals surface area contributed by atoms with Crippen molar-refractivity contribution >= 4 is 27.4 Å². The molecule has 0 amide bonds. The van der Waals surface area contributed by atoms with Crippen molar-refractivity contribution in [1.29, 1.82) is 0 Å². The second kappa shape index (κ2) is 6.86. The standard InChI is InChI=1S/C12H16ClNO4S/c1-3-18-12(15)10-5-4-8-14-11(10)19(16,17)9(2)6-7-13/h4-5,8-9H,3,6-7H2,1-2H3. The fourth-order valence-corrected chi connectivity index (χ4v) is 3.41. The minimum atomic E-state index is -3.69. The molecule has 1 rings (SSSR count). The van der Waals surface area contributed by atoms with Crippen molar-refractivity contribution in [3.05, 3.63) is 23.9 Å².